The zero-order valence-corrected chi connectivity index (χ0v) is 29.9. The Bertz CT molecular complexity index is 2770. The van der Waals surface area contributed by atoms with Crippen LogP contribution in [0.5, 0.6) is 0 Å². The molecule has 258 valence electrons. The Morgan fingerprint density at radius 2 is 0.745 bits per heavy atom. The van der Waals surface area contributed by atoms with Crippen molar-refractivity contribution < 1.29 is 0 Å². The minimum atomic E-state index is -0.607. The van der Waals surface area contributed by atoms with Gasteiger partial charge in [-0.05, 0) is 79.9 Å². The average Bonchev–Trinajstić information content (AvgIpc) is 3.58. The largest absolute Gasteiger partial charge is 0.265 e. The van der Waals surface area contributed by atoms with E-state index in [4.69, 9.17) is 15.0 Å². The predicted octanol–water partition coefficient (Wildman–Crippen LogP) is 12.0. The summed E-state index contributed by atoms with van der Waals surface area (Å²) in [5.41, 5.74) is 14.0. The fraction of sp³-hybridized carbons (Fsp3) is 0.0196. The molecule has 55 heavy (non-hydrogen) atoms. The smallest absolute Gasteiger partial charge is 0.164 e. The van der Waals surface area contributed by atoms with Gasteiger partial charge in [0, 0.05) is 29.1 Å². The molecule has 4 heteroatoms. The van der Waals surface area contributed by atoms with Crippen LogP contribution in [0.4, 0.5) is 0 Å². The fourth-order valence-corrected chi connectivity index (χ4v) is 8.28. The van der Waals surface area contributed by atoms with Crippen LogP contribution in [0.25, 0.3) is 67.5 Å². The topological polar surface area (TPSA) is 51.6 Å². The summed E-state index contributed by atoms with van der Waals surface area (Å²) in [6, 6.07) is 68.5. The van der Waals surface area contributed by atoms with Crippen molar-refractivity contribution in [3.63, 3.8) is 0 Å². The molecule has 0 spiro atoms. The molecule has 0 bridgehead atoms. The van der Waals surface area contributed by atoms with E-state index in [1.54, 1.807) is 0 Å². The Hall–Kier alpha value is -7.30. The van der Waals surface area contributed by atoms with Gasteiger partial charge in [-0.15, -0.1) is 0 Å². The number of rotatable bonds is 7. The lowest BCUT2D eigenvalue weighted by Gasteiger charge is -2.34. The first-order valence-electron chi connectivity index (χ1n) is 18.5. The maximum Gasteiger partial charge on any atom is 0.164 e. The van der Waals surface area contributed by atoms with Crippen molar-refractivity contribution in [1.82, 2.24) is 19.9 Å². The van der Waals surface area contributed by atoms with E-state index >= 15 is 0 Å². The Balaban J connectivity index is 1.21. The number of fused-ring (bicyclic) bond motifs is 3. The van der Waals surface area contributed by atoms with Crippen molar-refractivity contribution in [1.29, 1.82) is 0 Å². The minimum Gasteiger partial charge on any atom is -0.265 e. The van der Waals surface area contributed by atoms with E-state index in [9.17, 15) is 0 Å². The van der Waals surface area contributed by atoms with Gasteiger partial charge in [0.25, 0.3) is 0 Å². The van der Waals surface area contributed by atoms with E-state index in [1.165, 1.54) is 27.8 Å². The molecule has 2 heterocycles. The number of hydrogen-bond acceptors (Lipinski definition) is 4. The highest BCUT2D eigenvalue weighted by atomic mass is 15.0. The molecule has 9 aromatic rings. The van der Waals surface area contributed by atoms with Crippen molar-refractivity contribution in [3.05, 3.63) is 229 Å². The third kappa shape index (κ3) is 5.55. The van der Waals surface area contributed by atoms with Crippen LogP contribution in [-0.2, 0) is 5.41 Å². The molecule has 10 rings (SSSR count). The first-order valence-corrected chi connectivity index (χ1v) is 18.5. The third-order valence-electron chi connectivity index (χ3n) is 10.7. The van der Waals surface area contributed by atoms with E-state index in [2.05, 4.69) is 169 Å². The maximum atomic E-state index is 5.26. The molecule has 0 saturated carbocycles. The molecule has 0 saturated heterocycles. The SMILES string of the molecule is c1ccc(-c2nc(-c3cccc(C4(c5cccc(-c6ccncc6)c5)c5ccccc5-c5ccccc54)c3)nc(-c3ccccc3-c3ccccc3)n2)cc1. The monoisotopic (exact) mass is 702 g/mol. The first-order chi connectivity index (χ1) is 27.3. The summed E-state index contributed by atoms with van der Waals surface area (Å²) in [6.07, 6.45) is 3.71. The summed E-state index contributed by atoms with van der Waals surface area (Å²) in [6.45, 7) is 0. The Morgan fingerprint density at radius 3 is 1.38 bits per heavy atom. The van der Waals surface area contributed by atoms with Crippen LogP contribution in [0.3, 0.4) is 0 Å². The maximum absolute atomic E-state index is 5.26. The molecule has 1 aliphatic carbocycles. The second kappa shape index (κ2) is 13.6. The van der Waals surface area contributed by atoms with Crippen LogP contribution < -0.4 is 0 Å². The molecular weight excluding hydrogens is 669 g/mol. The summed E-state index contributed by atoms with van der Waals surface area (Å²) in [4.78, 5) is 19.8. The summed E-state index contributed by atoms with van der Waals surface area (Å²) in [5.74, 6) is 1.88. The first kappa shape index (κ1) is 32.4. The van der Waals surface area contributed by atoms with Crippen LogP contribution in [0.2, 0.25) is 0 Å². The van der Waals surface area contributed by atoms with Gasteiger partial charge >= 0.3 is 0 Å². The molecule has 0 unspecified atom stereocenters. The van der Waals surface area contributed by atoms with Crippen molar-refractivity contribution in [2.24, 2.45) is 0 Å². The molecule has 0 amide bonds. The van der Waals surface area contributed by atoms with Crippen LogP contribution in [-0.4, -0.2) is 19.9 Å². The van der Waals surface area contributed by atoms with E-state index in [0.29, 0.717) is 17.5 Å². The molecule has 1 aliphatic rings. The number of pyridine rings is 1. The molecule has 0 N–H and O–H groups in total. The lowest BCUT2D eigenvalue weighted by Crippen LogP contribution is -2.28. The number of aromatic nitrogens is 4. The highest BCUT2D eigenvalue weighted by Gasteiger charge is 2.46. The second-order valence-electron chi connectivity index (χ2n) is 13.8. The molecular formula is C51H34N4. The molecule has 0 aliphatic heterocycles. The van der Waals surface area contributed by atoms with Crippen molar-refractivity contribution in [3.8, 4) is 67.5 Å². The highest BCUT2D eigenvalue weighted by molar-refractivity contribution is 5.87. The van der Waals surface area contributed by atoms with Crippen LogP contribution in [0, 0.1) is 0 Å². The van der Waals surface area contributed by atoms with Crippen LogP contribution >= 0.6 is 0 Å². The van der Waals surface area contributed by atoms with E-state index in [0.717, 1.165) is 44.5 Å². The average molecular weight is 703 g/mol. The zero-order valence-electron chi connectivity index (χ0n) is 29.9. The van der Waals surface area contributed by atoms with Gasteiger partial charge in [-0.25, -0.2) is 15.0 Å². The van der Waals surface area contributed by atoms with Gasteiger partial charge in [-0.3, -0.25) is 4.98 Å². The molecule has 7 aromatic carbocycles. The zero-order chi connectivity index (χ0) is 36.6. The lowest BCUT2D eigenvalue weighted by molar-refractivity contribution is 0.769. The van der Waals surface area contributed by atoms with E-state index < -0.39 is 5.41 Å². The van der Waals surface area contributed by atoms with Gasteiger partial charge in [0.15, 0.2) is 17.5 Å². The standard InChI is InChI=1S/C51H34N4/c1-3-15-36(16-4-1)42-23-7-8-26-45(42)50-54-48(37-17-5-2-6-18-37)53-49(55-50)39-20-14-22-41(34-39)51(40-21-13-19-38(33-40)35-29-31-52-32-30-35)46-27-11-9-24-43(46)44-25-10-12-28-47(44)51/h1-34H. The number of nitrogens with zero attached hydrogens (tertiary/aromatic N) is 4. The Labute approximate surface area is 320 Å². The highest BCUT2D eigenvalue weighted by Crippen LogP contribution is 2.56. The van der Waals surface area contributed by atoms with E-state index in [-0.39, 0.29) is 0 Å². The quantitative estimate of drug-likeness (QED) is 0.166. The van der Waals surface area contributed by atoms with Gasteiger partial charge in [0.05, 0.1) is 5.41 Å². The lowest BCUT2D eigenvalue weighted by atomic mass is 9.67. The Kier molecular flexibility index (Phi) is 8.00. The Morgan fingerprint density at radius 1 is 0.291 bits per heavy atom. The summed E-state index contributed by atoms with van der Waals surface area (Å²) in [5, 5.41) is 0. The summed E-state index contributed by atoms with van der Waals surface area (Å²) >= 11 is 0. The van der Waals surface area contributed by atoms with Crippen molar-refractivity contribution in [2.45, 2.75) is 5.41 Å². The molecule has 4 nitrogen and oxygen atoms in total. The summed E-state index contributed by atoms with van der Waals surface area (Å²) in [7, 11) is 0. The van der Waals surface area contributed by atoms with Gasteiger partial charge in [0.1, 0.15) is 0 Å². The second-order valence-corrected chi connectivity index (χ2v) is 13.8. The van der Waals surface area contributed by atoms with Crippen molar-refractivity contribution >= 4 is 0 Å². The van der Waals surface area contributed by atoms with Gasteiger partial charge in [-0.2, -0.15) is 0 Å². The fourth-order valence-electron chi connectivity index (χ4n) is 8.28. The van der Waals surface area contributed by atoms with Gasteiger partial charge in [0.2, 0.25) is 0 Å². The normalized spacial score (nSPS) is 12.5. The summed E-state index contributed by atoms with van der Waals surface area (Å²) < 4.78 is 0. The number of benzene rings is 7. The van der Waals surface area contributed by atoms with Crippen molar-refractivity contribution in [2.75, 3.05) is 0 Å². The minimum absolute atomic E-state index is 0.607. The van der Waals surface area contributed by atoms with Gasteiger partial charge < -0.3 is 0 Å². The molecule has 0 atom stereocenters. The van der Waals surface area contributed by atoms with Gasteiger partial charge in [-0.1, -0.05) is 170 Å². The number of hydrogen-bond donors (Lipinski definition) is 0. The molecule has 0 fully saturated rings. The third-order valence-corrected chi connectivity index (χ3v) is 10.7. The predicted molar refractivity (Wildman–Crippen MR) is 222 cm³/mol. The molecule has 2 aromatic heterocycles. The molecule has 0 radical (unpaired) electrons. The van der Waals surface area contributed by atoms with Crippen LogP contribution in [0.1, 0.15) is 22.3 Å². The van der Waals surface area contributed by atoms with Crippen LogP contribution in [0.15, 0.2) is 207 Å². The van der Waals surface area contributed by atoms with E-state index in [1.807, 2.05) is 42.7 Å².